The first-order valence-corrected chi connectivity index (χ1v) is 12.4. The van der Waals surface area contributed by atoms with Crippen molar-refractivity contribution < 1.29 is 19.1 Å². The molecule has 178 valence electrons. The van der Waals surface area contributed by atoms with Gasteiger partial charge < -0.3 is 9.47 Å². The van der Waals surface area contributed by atoms with Crippen molar-refractivity contribution in [3.63, 3.8) is 0 Å². The van der Waals surface area contributed by atoms with E-state index >= 15 is 0 Å². The lowest BCUT2D eigenvalue weighted by Crippen LogP contribution is -2.33. The second kappa shape index (κ2) is 18.7. The molecular formula is C25H49NO4. The van der Waals surface area contributed by atoms with Gasteiger partial charge in [0.05, 0.1) is 6.42 Å². The highest BCUT2D eigenvalue weighted by Gasteiger charge is 2.17. The molecule has 0 rings (SSSR count). The number of nitrogens with zero attached hydrogens (tertiary/aromatic N) is 1. The van der Waals surface area contributed by atoms with Crippen LogP contribution in [0.25, 0.3) is 0 Å². The third-order valence-corrected chi connectivity index (χ3v) is 5.04. The van der Waals surface area contributed by atoms with Gasteiger partial charge in [-0.3, -0.25) is 14.5 Å². The maximum atomic E-state index is 12.1. The molecule has 0 aliphatic carbocycles. The Kier molecular flexibility index (Phi) is 18.0. The lowest BCUT2D eigenvalue weighted by molar-refractivity contribution is -0.155. The van der Waals surface area contributed by atoms with Crippen molar-refractivity contribution in [2.75, 3.05) is 26.2 Å². The summed E-state index contributed by atoms with van der Waals surface area (Å²) in [5.41, 5.74) is -0.451. The summed E-state index contributed by atoms with van der Waals surface area (Å²) in [6.07, 6.45) is 14.1. The van der Waals surface area contributed by atoms with E-state index in [9.17, 15) is 9.59 Å². The normalized spacial score (nSPS) is 11.7. The van der Waals surface area contributed by atoms with Crippen molar-refractivity contribution in [3.8, 4) is 0 Å². The van der Waals surface area contributed by atoms with Gasteiger partial charge in [0.2, 0.25) is 0 Å². The van der Waals surface area contributed by atoms with E-state index < -0.39 is 5.60 Å². The molecule has 0 saturated carbocycles. The van der Waals surface area contributed by atoms with Crippen LogP contribution in [0.15, 0.2) is 0 Å². The SMILES string of the molecule is CCCCCCCCCN(CCOC(=O)CCCCCC)CCC(=O)OC(C)(C)C. The monoisotopic (exact) mass is 427 g/mol. The summed E-state index contributed by atoms with van der Waals surface area (Å²) < 4.78 is 10.8. The van der Waals surface area contributed by atoms with Gasteiger partial charge in [-0.2, -0.15) is 0 Å². The number of rotatable bonds is 19. The van der Waals surface area contributed by atoms with Crippen LogP contribution in [-0.2, 0) is 19.1 Å². The van der Waals surface area contributed by atoms with Crippen LogP contribution >= 0.6 is 0 Å². The largest absolute Gasteiger partial charge is 0.464 e. The van der Waals surface area contributed by atoms with E-state index in [4.69, 9.17) is 9.47 Å². The molecule has 0 radical (unpaired) electrons. The van der Waals surface area contributed by atoms with E-state index in [-0.39, 0.29) is 11.9 Å². The molecule has 0 aliphatic heterocycles. The van der Waals surface area contributed by atoms with Gasteiger partial charge in [0.25, 0.3) is 0 Å². The smallest absolute Gasteiger partial charge is 0.307 e. The van der Waals surface area contributed by atoms with Crippen molar-refractivity contribution in [1.82, 2.24) is 4.90 Å². The number of ether oxygens (including phenoxy) is 2. The molecule has 0 fully saturated rings. The molecule has 5 heteroatoms. The average molecular weight is 428 g/mol. The Hall–Kier alpha value is -1.10. The number of unbranched alkanes of at least 4 members (excludes halogenated alkanes) is 9. The van der Waals surface area contributed by atoms with Gasteiger partial charge in [0.1, 0.15) is 12.2 Å². The third-order valence-electron chi connectivity index (χ3n) is 5.04. The minimum atomic E-state index is -0.451. The molecule has 0 spiro atoms. The topological polar surface area (TPSA) is 55.8 Å². The Balaban J connectivity index is 4.22. The molecule has 30 heavy (non-hydrogen) atoms. The standard InChI is InChI=1S/C25H49NO4/c1-6-8-10-12-13-14-16-19-26(20-18-24(28)30-25(3,4)5)21-22-29-23(27)17-15-11-9-7-2/h6-22H2,1-5H3. The Morgan fingerprint density at radius 1 is 0.667 bits per heavy atom. The summed E-state index contributed by atoms with van der Waals surface area (Å²) in [6, 6.07) is 0. The summed E-state index contributed by atoms with van der Waals surface area (Å²) in [6.45, 7) is 12.7. The molecule has 0 bridgehead atoms. The third kappa shape index (κ3) is 20.2. The molecule has 0 aromatic rings. The predicted molar refractivity (Wildman–Crippen MR) is 125 cm³/mol. The lowest BCUT2D eigenvalue weighted by Gasteiger charge is -2.24. The number of hydrogen-bond acceptors (Lipinski definition) is 5. The number of carbonyl (C=O) groups excluding carboxylic acids is 2. The number of carbonyl (C=O) groups is 2. The molecular weight excluding hydrogens is 378 g/mol. The van der Waals surface area contributed by atoms with Gasteiger partial charge in [-0.1, -0.05) is 71.6 Å². The molecule has 0 heterocycles. The second-order valence-corrected chi connectivity index (χ2v) is 9.33. The zero-order valence-corrected chi connectivity index (χ0v) is 20.6. The maximum Gasteiger partial charge on any atom is 0.307 e. The fourth-order valence-electron chi connectivity index (χ4n) is 3.33. The van der Waals surface area contributed by atoms with Crippen molar-refractivity contribution in [3.05, 3.63) is 0 Å². The van der Waals surface area contributed by atoms with Crippen molar-refractivity contribution in [2.24, 2.45) is 0 Å². The quantitative estimate of drug-likeness (QED) is 0.179. The number of esters is 2. The van der Waals surface area contributed by atoms with Crippen LogP contribution in [0.4, 0.5) is 0 Å². The highest BCUT2D eigenvalue weighted by Crippen LogP contribution is 2.10. The summed E-state index contributed by atoms with van der Waals surface area (Å²) in [4.78, 5) is 26.2. The van der Waals surface area contributed by atoms with Gasteiger partial charge in [0, 0.05) is 19.5 Å². The van der Waals surface area contributed by atoms with Gasteiger partial charge >= 0.3 is 11.9 Å². The zero-order valence-electron chi connectivity index (χ0n) is 20.6. The minimum absolute atomic E-state index is 0.103. The fourth-order valence-corrected chi connectivity index (χ4v) is 3.33. The summed E-state index contributed by atoms with van der Waals surface area (Å²) in [5.74, 6) is -0.269. The Morgan fingerprint density at radius 3 is 1.83 bits per heavy atom. The first-order chi connectivity index (χ1) is 14.3. The summed E-state index contributed by atoms with van der Waals surface area (Å²) in [5, 5.41) is 0. The predicted octanol–water partition coefficient (Wildman–Crippen LogP) is 6.28. The van der Waals surface area contributed by atoms with Crippen molar-refractivity contribution in [1.29, 1.82) is 0 Å². The van der Waals surface area contributed by atoms with Crippen molar-refractivity contribution >= 4 is 11.9 Å². The highest BCUT2D eigenvalue weighted by atomic mass is 16.6. The molecule has 0 amide bonds. The molecule has 0 saturated heterocycles. The summed E-state index contributed by atoms with van der Waals surface area (Å²) in [7, 11) is 0. The zero-order chi connectivity index (χ0) is 22.7. The fraction of sp³-hybridized carbons (Fsp3) is 0.920. The van der Waals surface area contributed by atoms with Gasteiger partial charge in [0.15, 0.2) is 0 Å². The van der Waals surface area contributed by atoms with Crippen LogP contribution in [-0.4, -0.2) is 48.7 Å². The van der Waals surface area contributed by atoms with E-state index in [1.54, 1.807) is 0 Å². The van der Waals surface area contributed by atoms with Crippen LogP contribution < -0.4 is 0 Å². The Bertz CT molecular complexity index is 431. The van der Waals surface area contributed by atoms with Crippen LogP contribution in [0.2, 0.25) is 0 Å². The van der Waals surface area contributed by atoms with E-state index in [1.165, 1.54) is 51.4 Å². The Morgan fingerprint density at radius 2 is 1.23 bits per heavy atom. The average Bonchev–Trinajstić information content (AvgIpc) is 2.66. The van der Waals surface area contributed by atoms with Gasteiger partial charge in [-0.05, 0) is 40.2 Å². The minimum Gasteiger partial charge on any atom is -0.464 e. The maximum absolute atomic E-state index is 12.1. The van der Waals surface area contributed by atoms with E-state index in [1.807, 2.05) is 20.8 Å². The van der Waals surface area contributed by atoms with E-state index in [0.29, 0.717) is 32.5 Å². The van der Waals surface area contributed by atoms with Crippen molar-refractivity contribution in [2.45, 2.75) is 124 Å². The van der Waals surface area contributed by atoms with Crippen LogP contribution in [0.3, 0.4) is 0 Å². The molecule has 0 aromatic carbocycles. The van der Waals surface area contributed by atoms with E-state index in [2.05, 4.69) is 18.7 Å². The van der Waals surface area contributed by atoms with Gasteiger partial charge in [-0.15, -0.1) is 0 Å². The molecule has 0 aromatic heterocycles. The first kappa shape index (κ1) is 28.9. The highest BCUT2D eigenvalue weighted by molar-refractivity contribution is 5.70. The number of hydrogen-bond donors (Lipinski definition) is 0. The molecule has 5 nitrogen and oxygen atoms in total. The summed E-state index contributed by atoms with van der Waals surface area (Å²) >= 11 is 0. The van der Waals surface area contributed by atoms with Gasteiger partial charge in [-0.25, -0.2) is 0 Å². The molecule has 0 N–H and O–H groups in total. The second-order valence-electron chi connectivity index (χ2n) is 9.33. The molecule has 0 aliphatic rings. The lowest BCUT2D eigenvalue weighted by atomic mass is 10.1. The first-order valence-electron chi connectivity index (χ1n) is 12.4. The van der Waals surface area contributed by atoms with E-state index in [0.717, 1.165) is 25.8 Å². The van der Waals surface area contributed by atoms with Crippen LogP contribution in [0.1, 0.15) is 118 Å². The van der Waals surface area contributed by atoms with Crippen LogP contribution in [0.5, 0.6) is 0 Å². The Labute approximate surface area is 186 Å². The molecule has 0 atom stereocenters. The molecule has 0 unspecified atom stereocenters. The van der Waals surface area contributed by atoms with Crippen LogP contribution in [0, 0.1) is 0 Å².